The average Bonchev–Trinajstić information content (AvgIpc) is 2.27. The molecular formula is C14H9FO2. The van der Waals surface area contributed by atoms with E-state index in [0.29, 0.717) is 11.1 Å². The second-order valence-electron chi connectivity index (χ2n) is 3.49. The van der Waals surface area contributed by atoms with Crippen molar-refractivity contribution in [3.63, 3.8) is 0 Å². The molecule has 2 aromatic carbocycles. The fourth-order valence-corrected chi connectivity index (χ4v) is 1.34. The van der Waals surface area contributed by atoms with Crippen molar-refractivity contribution in [2.24, 2.45) is 0 Å². The largest absolute Gasteiger partial charge is 0.508 e. The predicted octanol–water partition coefficient (Wildman–Crippen LogP) is 2.64. The van der Waals surface area contributed by atoms with E-state index >= 15 is 0 Å². The van der Waals surface area contributed by atoms with Gasteiger partial charge in [-0.25, -0.2) is 4.39 Å². The Hall–Kier alpha value is -2.47. The average molecular weight is 228 g/mol. The van der Waals surface area contributed by atoms with Gasteiger partial charge in [-0.2, -0.15) is 0 Å². The molecule has 0 heterocycles. The van der Waals surface area contributed by atoms with Gasteiger partial charge < -0.3 is 10.2 Å². The lowest BCUT2D eigenvalue weighted by molar-refractivity contribution is 0.450. The third kappa shape index (κ3) is 2.99. The lowest BCUT2D eigenvalue weighted by Crippen LogP contribution is -1.78. The molecule has 17 heavy (non-hydrogen) atoms. The second-order valence-corrected chi connectivity index (χ2v) is 3.49. The van der Waals surface area contributed by atoms with Crippen LogP contribution in [0.1, 0.15) is 11.1 Å². The molecule has 0 aliphatic carbocycles. The van der Waals surface area contributed by atoms with Gasteiger partial charge in [0.15, 0.2) is 0 Å². The molecule has 84 valence electrons. The Bertz CT molecular complexity index is 572. The second kappa shape index (κ2) is 4.58. The van der Waals surface area contributed by atoms with Crippen LogP contribution in [0.3, 0.4) is 0 Å². The van der Waals surface area contributed by atoms with Crippen molar-refractivity contribution in [1.82, 2.24) is 0 Å². The maximum Gasteiger partial charge on any atom is 0.123 e. The fraction of sp³-hybridized carbons (Fsp3) is 0. The van der Waals surface area contributed by atoms with Crippen molar-refractivity contribution in [2.45, 2.75) is 0 Å². The van der Waals surface area contributed by atoms with Gasteiger partial charge in [0.05, 0.1) is 0 Å². The van der Waals surface area contributed by atoms with Crippen molar-refractivity contribution in [3.8, 4) is 23.3 Å². The Morgan fingerprint density at radius 3 is 1.88 bits per heavy atom. The van der Waals surface area contributed by atoms with Gasteiger partial charge in [0.25, 0.3) is 0 Å². The van der Waals surface area contributed by atoms with E-state index in [1.807, 2.05) is 0 Å². The van der Waals surface area contributed by atoms with Crippen LogP contribution in [-0.2, 0) is 0 Å². The molecule has 0 spiro atoms. The summed E-state index contributed by atoms with van der Waals surface area (Å²) in [7, 11) is 0. The summed E-state index contributed by atoms with van der Waals surface area (Å²) >= 11 is 0. The molecule has 0 aromatic heterocycles. The molecular weight excluding hydrogens is 219 g/mol. The Morgan fingerprint density at radius 1 is 0.765 bits per heavy atom. The Kier molecular flexibility index (Phi) is 2.97. The van der Waals surface area contributed by atoms with Crippen LogP contribution in [0.5, 0.6) is 11.5 Å². The first-order chi connectivity index (χ1) is 8.13. The first-order valence-corrected chi connectivity index (χ1v) is 4.94. The fourth-order valence-electron chi connectivity index (χ4n) is 1.34. The molecule has 0 saturated heterocycles. The third-order valence-electron chi connectivity index (χ3n) is 2.10. The highest BCUT2D eigenvalue weighted by molar-refractivity contribution is 5.48. The molecule has 3 heteroatoms. The molecule has 2 aromatic rings. The maximum atomic E-state index is 12.6. The first kappa shape index (κ1) is 11.0. The van der Waals surface area contributed by atoms with E-state index in [-0.39, 0.29) is 17.3 Å². The molecule has 0 atom stereocenters. The van der Waals surface area contributed by atoms with Gasteiger partial charge in [-0.3, -0.25) is 0 Å². The van der Waals surface area contributed by atoms with Crippen molar-refractivity contribution >= 4 is 0 Å². The summed E-state index contributed by atoms with van der Waals surface area (Å²) in [6.07, 6.45) is 0. The van der Waals surface area contributed by atoms with E-state index in [9.17, 15) is 14.6 Å². The molecule has 0 fully saturated rings. The summed E-state index contributed by atoms with van der Waals surface area (Å²) in [5, 5.41) is 18.5. The number of halogens is 1. The number of benzene rings is 2. The van der Waals surface area contributed by atoms with Gasteiger partial charge in [-0.1, -0.05) is 11.8 Å². The van der Waals surface area contributed by atoms with E-state index in [0.717, 1.165) is 0 Å². The van der Waals surface area contributed by atoms with Gasteiger partial charge in [0.2, 0.25) is 0 Å². The lowest BCUT2D eigenvalue weighted by atomic mass is 10.1. The van der Waals surface area contributed by atoms with Gasteiger partial charge in [-0.05, 0) is 36.4 Å². The summed E-state index contributed by atoms with van der Waals surface area (Å²) in [4.78, 5) is 0. The van der Waals surface area contributed by atoms with Crippen molar-refractivity contribution in [2.75, 3.05) is 0 Å². The minimum Gasteiger partial charge on any atom is -0.508 e. The molecule has 0 bridgehead atoms. The lowest BCUT2D eigenvalue weighted by Gasteiger charge is -1.95. The van der Waals surface area contributed by atoms with Crippen LogP contribution < -0.4 is 0 Å². The standard InChI is InChI=1S/C14H9FO2/c15-12-5-3-10(4-6-12)1-2-11-7-13(16)9-14(17)8-11/h3-9,16-17H. The number of aromatic hydroxyl groups is 2. The van der Waals surface area contributed by atoms with Crippen LogP contribution >= 0.6 is 0 Å². The molecule has 0 aliphatic heterocycles. The zero-order valence-electron chi connectivity index (χ0n) is 8.81. The maximum absolute atomic E-state index is 12.6. The SMILES string of the molecule is Oc1cc(O)cc(C#Cc2ccc(F)cc2)c1. The zero-order valence-corrected chi connectivity index (χ0v) is 8.81. The Balaban J connectivity index is 2.29. The summed E-state index contributed by atoms with van der Waals surface area (Å²) in [6, 6.07) is 9.87. The normalized spacial score (nSPS) is 9.47. The molecule has 0 saturated carbocycles. The van der Waals surface area contributed by atoms with E-state index in [1.54, 1.807) is 12.1 Å². The smallest absolute Gasteiger partial charge is 0.123 e. The highest BCUT2D eigenvalue weighted by Gasteiger charge is 1.95. The minimum atomic E-state index is -0.314. The number of hydrogen-bond acceptors (Lipinski definition) is 2. The number of phenols is 2. The number of hydrogen-bond donors (Lipinski definition) is 2. The van der Waals surface area contributed by atoms with E-state index in [2.05, 4.69) is 11.8 Å². The minimum absolute atomic E-state index is 0.0478. The van der Waals surface area contributed by atoms with Gasteiger partial charge >= 0.3 is 0 Å². The van der Waals surface area contributed by atoms with E-state index < -0.39 is 0 Å². The Morgan fingerprint density at radius 2 is 1.29 bits per heavy atom. The number of rotatable bonds is 0. The van der Waals surface area contributed by atoms with Crippen LogP contribution in [0.4, 0.5) is 4.39 Å². The summed E-state index contributed by atoms with van der Waals surface area (Å²) < 4.78 is 12.6. The van der Waals surface area contributed by atoms with Crippen molar-refractivity contribution < 1.29 is 14.6 Å². The van der Waals surface area contributed by atoms with E-state index in [4.69, 9.17) is 0 Å². The van der Waals surface area contributed by atoms with E-state index in [1.165, 1.54) is 30.3 Å². The van der Waals surface area contributed by atoms with Crippen molar-refractivity contribution in [3.05, 3.63) is 59.4 Å². The van der Waals surface area contributed by atoms with Crippen LogP contribution in [-0.4, -0.2) is 10.2 Å². The molecule has 0 unspecified atom stereocenters. The monoisotopic (exact) mass is 228 g/mol. The summed E-state index contributed by atoms with van der Waals surface area (Å²) in [5.41, 5.74) is 1.15. The first-order valence-electron chi connectivity index (χ1n) is 4.94. The van der Waals surface area contributed by atoms with Crippen LogP contribution in [0.15, 0.2) is 42.5 Å². The summed E-state index contributed by atoms with van der Waals surface area (Å²) in [6.45, 7) is 0. The molecule has 0 aliphatic rings. The van der Waals surface area contributed by atoms with Gasteiger partial charge in [0.1, 0.15) is 17.3 Å². The van der Waals surface area contributed by atoms with Gasteiger partial charge in [0, 0.05) is 17.2 Å². The number of phenolic OH excluding ortho intramolecular Hbond substituents is 2. The van der Waals surface area contributed by atoms with Crippen LogP contribution in [0.25, 0.3) is 0 Å². The quantitative estimate of drug-likeness (QED) is 0.680. The molecule has 2 N–H and O–H groups in total. The summed E-state index contributed by atoms with van der Waals surface area (Å²) in [5.74, 6) is 5.16. The highest BCUT2D eigenvalue weighted by Crippen LogP contribution is 2.19. The topological polar surface area (TPSA) is 40.5 Å². The molecule has 0 amide bonds. The zero-order chi connectivity index (χ0) is 12.3. The predicted molar refractivity (Wildman–Crippen MR) is 62.2 cm³/mol. The van der Waals surface area contributed by atoms with Gasteiger partial charge in [-0.15, -0.1) is 0 Å². The third-order valence-corrected chi connectivity index (χ3v) is 2.10. The molecule has 2 nitrogen and oxygen atoms in total. The highest BCUT2D eigenvalue weighted by atomic mass is 19.1. The van der Waals surface area contributed by atoms with Crippen LogP contribution in [0, 0.1) is 17.7 Å². The molecule has 2 rings (SSSR count). The Labute approximate surface area is 98.0 Å². The molecule has 0 radical (unpaired) electrons. The van der Waals surface area contributed by atoms with Crippen molar-refractivity contribution in [1.29, 1.82) is 0 Å². The van der Waals surface area contributed by atoms with Crippen LogP contribution in [0.2, 0.25) is 0 Å².